The van der Waals surface area contributed by atoms with E-state index in [1.807, 2.05) is 13.8 Å². The minimum absolute atomic E-state index is 0.0411. The summed E-state index contributed by atoms with van der Waals surface area (Å²) in [6.45, 7) is 4.80. The van der Waals surface area contributed by atoms with Crippen LogP contribution >= 0.6 is 27.5 Å². The second-order valence-corrected chi connectivity index (χ2v) is 12.1. The number of hydrogen-bond acceptors (Lipinski definition) is 4. The van der Waals surface area contributed by atoms with Crippen LogP contribution in [0.25, 0.3) is 0 Å². The lowest BCUT2D eigenvalue weighted by molar-refractivity contribution is -0.139. The first-order chi connectivity index (χ1) is 17.0. The lowest BCUT2D eigenvalue weighted by Gasteiger charge is -2.32. The van der Waals surface area contributed by atoms with Crippen molar-refractivity contribution in [3.63, 3.8) is 0 Å². The Morgan fingerprint density at radius 2 is 1.76 bits per heavy atom. The molecule has 2 aromatic carbocycles. The molecule has 2 amide bonds. The third-order valence-electron chi connectivity index (χ3n) is 5.32. The largest absolute Gasteiger partial charge is 0.417 e. The quantitative estimate of drug-likeness (QED) is 0.399. The number of alkyl halides is 3. The fourth-order valence-electron chi connectivity index (χ4n) is 3.37. The zero-order valence-corrected chi connectivity index (χ0v) is 23.8. The molecule has 13 heteroatoms. The number of hydrogen-bond donors (Lipinski definition) is 1. The van der Waals surface area contributed by atoms with Gasteiger partial charge in [-0.2, -0.15) is 13.2 Å². The Morgan fingerprint density at radius 3 is 2.30 bits per heavy atom. The fourth-order valence-corrected chi connectivity index (χ4v) is 4.88. The van der Waals surface area contributed by atoms with E-state index in [1.165, 1.54) is 11.8 Å². The van der Waals surface area contributed by atoms with Crippen molar-refractivity contribution in [2.75, 3.05) is 23.7 Å². The van der Waals surface area contributed by atoms with Crippen molar-refractivity contribution < 1.29 is 31.2 Å². The van der Waals surface area contributed by atoms with Crippen LogP contribution in [-0.2, 0) is 32.3 Å². The third kappa shape index (κ3) is 8.89. The molecule has 0 aliphatic carbocycles. The Bertz CT molecular complexity index is 1240. The lowest BCUT2D eigenvalue weighted by atomic mass is 10.1. The monoisotopic (exact) mass is 625 g/mol. The number of carbonyl (C=O) groups is 2. The molecule has 0 aliphatic rings. The second kappa shape index (κ2) is 12.5. The van der Waals surface area contributed by atoms with Crippen molar-refractivity contribution in [3.8, 4) is 0 Å². The molecular weight excluding hydrogens is 599 g/mol. The highest BCUT2D eigenvalue weighted by Crippen LogP contribution is 2.37. The van der Waals surface area contributed by atoms with Crippen molar-refractivity contribution in [2.45, 2.75) is 39.5 Å². The van der Waals surface area contributed by atoms with Gasteiger partial charge in [0.25, 0.3) is 0 Å². The van der Waals surface area contributed by atoms with Crippen LogP contribution in [-0.4, -0.2) is 50.5 Å². The molecule has 37 heavy (non-hydrogen) atoms. The number of sulfonamides is 1. The first kappa shape index (κ1) is 30.9. The van der Waals surface area contributed by atoms with Gasteiger partial charge < -0.3 is 10.2 Å². The summed E-state index contributed by atoms with van der Waals surface area (Å²) < 4.78 is 66.7. The van der Waals surface area contributed by atoms with Crippen LogP contribution in [0.3, 0.4) is 0 Å². The van der Waals surface area contributed by atoms with E-state index < -0.39 is 51.2 Å². The Morgan fingerprint density at radius 1 is 1.11 bits per heavy atom. The van der Waals surface area contributed by atoms with Gasteiger partial charge in [-0.15, -0.1) is 0 Å². The summed E-state index contributed by atoms with van der Waals surface area (Å²) in [5, 5.41) is 2.14. The summed E-state index contributed by atoms with van der Waals surface area (Å²) in [7, 11) is -4.20. The predicted molar refractivity (Wildman–Crippen MR) is 141 cm³/mol. The van der Waals surface area contributed by atoms with Crippen LogP contribution in [0, 0.1) is 5.92 Å². The molecule has 204 valence electrons. The lowest BCUT2D eigenvalue weighted by Crippen LogP contribution is -2.51. The second-order valence-electron chi connectivity index (χ2n) is 8.90. The van der Waals surface area contributed by atoms with E-state index in [0.29, 0.717) is 22.5 Å². The maximum absolute atomic E-state index is 13.5. The smallest absolute Gasteiger partial charge is 0.354 e. The summed E-state index contributed by atoms with van der Waals surface area (Å²) in [6, 6.07) is 8.57. The Balaban J connectivity index is 2.46. The van der Waals surface area contributed by atoms with E-state index in [0.717, 1.165) is 22.9 Å². The van der Waals surface area contributed by atoms with E-state index in [-0.39, 0.29) is 18.2 Å². The summed E-state index contributed by atoms with van der Waals surface area (Å²) in [6.07, 6.45) is -4.06. The molecule has 0 aliphatic heterocycles. The maximum Gasteiger partial charge on any atom is 0.417 e. The zero-order valence-electron chi connectivity index (χ0n) is 20.6. The van der Waals surface area contributed by atoms with Gasteiger partial charge in [0.1, 0.15) is 12.6 Å². The summed E-state index contributed by atoms with van der Waals surface area (Å²) in [5.41, 5.74) is -0.963. The fraction of sp³-hybridized carbons (Fsp3) is 0.417. The average Bonchev–Trinajstić information content (AvgIpc) is 2.77. The van der Waals surface area contributed by atoms with E-state index in [1.54, 1.807) is 24.3 Å². The molecule has 0 spiro atoms. The van der Waals surface area contributed by atoms with Crippen LogP contribution in [0.1, 0.15) is 31.9 Å². The number of carbonyl (C=O) groups excluding carboxylic acids is 2. The number of amides is 2. The Kier molecular flexibility index (Phi) is 10.4. The first-order valence-corrected chi connectivity index (χ1v) is 14.2. The molecule has 2 rings (SSSR count). The number of benzene rings is 2. The molecule has 7 nitrogen and oxygen atoms in total. The molecule has 0 saturated heterocycles. The molecule has 0 saturated carbocycles. The standard InChI is InChI=1S/C24H28BrClF3N3O4S/c1-15(2)12-30-23(34)16(3)31(13-17-6-5-7-18(25)10-17)22(33)14-32(37(4,35)36)19-8-9-21(26)20(11-19)24(27,28)29/h5-11,15-16H,12-14H2,1-4H3,(H,30,34). The van der Waals surface area contributed by atoms with Crippen molar-refractivity contribution in [1.82, 2.24) is 10.2 Å². The van der Waals surface area contributed by atoms with Gasteiger partial charge in [0, 0.05) is 17.6 Å². The van der Waals surface area contributed by atoms with Crippen LogP contribution in [0.4, 0.5) is 18.9 Å². The van der Waals surface area contributed by atoms with Gasteiger partial charge in [-0.1, -0.05) is 53.5 Å². The molecule has 0 fully saturated rings. The molecule has 1 atom stereocenters. The van der Waals surface area contributed by atoms with Gasteiger partial charge >= 0.3 is 6.18 Å². The average molecular weight is 627 g/mol. The molecule has 0 heterocycles. The highest BCUT2D eigenvalue weighted by atomic mass is 79.9. The number of anilines is 1. The van der Waals surface area contributed by atoms with E-state index in [2.05, 4.69) is 21.2 Å². The molecule has 2 aromatic rings. The zero-order chi connectivity index (χ0) is 28.1. The molecule has 0 bridgehead atoms. The van der Waals surface area contributed by atoms with E-state index in [9.17, 15) is 31.2 Å². The first-order valence-electron chi connectivity index (χ1n) is 11.2. The minimum Gasteiger partial charge on any atom is -0.354 e. The summed E-state index contributed by atoms with van der Waals surface area (Å²) >= 11 is 9.02. The highest BCUT2D eigenvalue weighted by Gasteiger charge is 2.35. The summed E-state index contributed by atoms with van der Waals surface area (Å²) in [4.78, 5) is 27.5. The number of halogens is 5. The molecular formula is C24H28BrClF3N3O4S. The SMILES string of the molecule is CC(C)CNC(=O)C(C)N(Cc1cccc(Br)c1)C(=O)CN(c1ccc(Cl)c(C(F)(F)F)c1)S(C)(=O)=O. The number of nitrogens with one attached hydrogen (secondary N) is 1. The van der Waals surface area contributed by atoms with Gasteiger partial charge in [-0.3, -0.25) is 13.9 Å². The Labute approximate surface area is 228 Å². The molecule has 1 N–H and O–H groups in total. The van der Waals surface area contributed by atoms with Gasteiger partial charge in [-0.05, 0) is 48.7 Å². The maximum atomic E-state index is 13.5. The van der Waals surface area contributed by atoms with E-state index >= 15 is 0 Å². The van der Waals surface area contributed by atoms with Crippen molar-refractivity contribution in [3.05, 3.63) is 63.1 Å². The predicted octanol–water partition coefficient (Wildman–Crippen LogP) is 5.08. The molecule has 0 radical (unpaired) electrons. The van der Waals surface area contributed by atoms with Crippen molar-refractivity contribution >= 4 is 55.1 Å². The van der Waals surface area contributed by atoms with Gasteiger partial charge in [0.15, 0.2) is 0 Å². The molecule has 0 aromatic heterocycles. The molecule has 1 unspecified atom stereocenters. The van der Waals surface area contributed by atoms with Crippen molar-refractivity contribution in [2.24, 2.45) is 5.92 Å². The van der Waals surface area contributed by atoms with Crippen LogP contribution < -0.4 is 9.62 Å². The van der Waals surface area contributed by atoms with Gasteiger partial charge in [0.05, 0.1) is 22.5 Å². The van der Waals surface area contributed by atoms with Gasteiger partial charge in [0.2, 0.25) is 21.8 Å². The van der Waals surface area contributed by atoms with Crippen LogP contribution in [0.15, 0.2) is 46.9 Å². The number of nitrogens with zero attached hydrogens (tertiary/aromatic N) is 2. The number of rotatable bonds is 10. The highest BCUT2D eigenvalue weighted by molar-refractivity contribution is 9.10. The normalized spacial score (nSPS) is 12.8. The van der Waals surface area contributed by atoms with E-state index in [4.69, 9.17) is 11.6 Å². The third-order valence-corrected chi connectivity index (χ3v) is 7.28. The minimum atomic E-state index is -4.84. The Hall–Kier alpha value is -2.31. The van der Waals surface area contributed by atoms with Crippen LogP contribution in [0.5, 0.6) is 0 Å². The van der Waals surface area contributed by atoms with Crippen LogP contribution in [0.2, 0.25) is 5.02 Å². The summed E-state index contributed by atoms with van der Waals surface area (Å²) in [5.74, 6) is -1.08. The topological polar surface area (TPSA) is 86.8 Å². The van der Waals surface area contributed by atoms with Gasteiger partial charge in [-0.25, -0.2) is 8.42 Å². The van der Waals surface area contributed by atoms with Crippen molar-refractivity contribution in [1.29, 1.82) is 0 Å².